The van der Waals surface area contributed by atoms with Crippen LogP contribution in [-0.4, -0.2) is 28.4 Å². The van der Waals surface area contributed by atoms with Gasteiger partial charge in [-0.15, -0.1) is 0 Å². The summed E-state index contributed by atoms with van der Waals surface area (Å²) in [6, 6.07) is 4.46. The van der Waals surface area contributed by atoms with E-state index in [9.17, 15) is 14.7 Å². The lowest BCUT2D eigenvalue weighted by atomic mass is 10.2. The predicted molar refractivity (Wildman–Crippen MR) is 83.0 cm³/mol. The Bertz CT molecular complexity index is 710. The van der Waals surface area contributed by atoms with Gasteiger partial charge >= 0.3 is 5.97 Å². The summed E-state index contributed by atoms with van der Waals surface area (Å²) in [6.07, 6.45) is 0. The summed E-state index contributed by atoms with van der Waals surface area (Å²) in [5.41, 5.74) is 0.660. The van der Waals surface area contributed by atoms with Crippen LogP contribution in [0.4, 0.5) is 5.00 Å². The molecule has 1 heterocycles. The van der Waals surface area contributed by atoms with Gasteiger partial charge in [0.25, 0.3) is 5.91 Å². The van der Waals surface area contributed by atoms with Crippen LogP contribution in [0.15, 0.2) is 18.2 Å². The van der Waals surface area contributed by atoms with Gasteiger partial charge in [-0.3, -0.25) is 4.79 Å². The molecule has 0 fully saturated rings. The van der Waals surface area contributed by atoms with Crippen molar-refractivity contribution in [3.8, 4) is 0 Å². The van der Waals surface area contributed by atoms with Crippen LogP contribution in [-0.2, 0) is 0 Å². The molecule has 21 heavy (non-hydrogen) atoms. The zero-order valence-corrected chi connectivity index (χ0v) is 13.4. The van der Waals surface area contributed by atoms with Gasteiger partial charge < -0.3 is 10.0 Å². The van der Waals surface area contributed by atoms with Crippen molar-refractivity contribution in [2.45, 2.75) is 6.92 Å². The molecular weight excluding hydrogens is 335 g/mol. The number of rotatable bonds is 3. The van der Waals surface area contributed by atoms with Crippen molar-refractivity contribution in [2.75, 3.05) is 11.9 Å². The molecule has 0 unspecified atom stereocenters. The molecule has 1 N–H and O–H groups in total. The van der Waals surface area contributed by atoms with Crippen LogP contribution in [0, 0.1) is 6.92 Å². The summed E-state index contributed by atoms with van der Waals surface area (Å²) in [5, 5.41) is 10.1. The van der Waals surface area contributed by atoms with Crippen molar-refractivity contribution >= 4 is 51.6 Å². The zero-order valence-electron chi connectivity index (χ0n) is 11.1. The number of halogens is 2. The molecule has 110 valence electrons. The molecule has 0 atom stereocenters. The molecule has 1 amide bonds. The van der Waals surface area contributed by atoms with E-state index in [4.69, 9.17) is 23.2 Å². The maximum atomic E-state index is 12.4. The van der Waals surface area contributed by atoms with Gasteiger partial charge in [0, 0.05) is 22.7 Å². The average molecular weight is 345 g/mol. The number of carbonyl (C=O) groups is 2. The largest absolute Gasteiger partial charge is 0.478 e. The van der Waals surface area contributed by atoms with Gasteiger partial charge in [-0.1, -0.05) is 23.2 Å². The first kappa shape index (κ1) is 15.8. The third-order valence-electron chi connectivity index (χ3n) is 2.78. The molecule has 0 radical (unpaired) electrons. The van der Waals surface area contributed by atoms with Gasteiger partial charge in [0.15, 0.2) is 0 Å². The number of carboxylic acid groups (broad SMARTS) is 1. The molecule has 1 aromatic carbocycles. The van der Waals surface area contributed by atoms with Crippen LogP contribution in [0.1, 0.15) is 26.4 Å². The number of anilines is 1. The van der Waals surface area contributed by atoms with Gasteiger partial charge in [0.1, 0.15) is 10.6 Å². The van der Waals surface area contributed by atoms with E-state index in [1.807, 2.05) is 0 Å². The minimum atomic E-state index is -1.12. The molecule has 0 saturated heterocycles. The number of carboxylic acids is 1. The van der Waals surface area contributed by atoms with E-state index in [1.165, 1.54) is 30.1 Å². The Morgan fingerprint density at radius 1 is 1.24 bits per heavy atom. The Morgan fingerprint density at radius 3 is 2.33 bits per heavy atom. The van der Waals surface area contributed by atoms with Crippen molar-refractivity contribution < 1.29 is 14.7 Å². The Kier molecular flexibility index (Phi) is 4.51. The van der Waals surface area contributed by atoms with Crippen molar-refractivity contribution in [2.24, 2.45) is 0 Å². The molecule has 0 aliphatic carbocycles. The number of hydrogen-bond acceptors (Lipinski definition) is 4. The maximum absolute atomic E-state index is 12.4. The lowest BCUT2D eigenvalue weighted by Gasteiger charge is -2.16. The first-order chi connectivity index (χ1) is 9.81. The minimum absolute atomic E-state index is 0.0176. The highest BCUT2D eigenvalue weighted by atomic mass is 35.5. The lowest BCUT2D eigenvalue weighted by Crippen LogP contribution is -2.27. The zero-order chi connectivity index (χ0) is 15.7. The van der Waals surface area contributed by atoms with E-state index in [1.54, 1.807) is 6.92 Å². The summed E-state index contributed by atoms with van der Waals surface area (Å²) in [6.45, 7) is 1.58. The normalized spacial score (nSPS) is 10.5. The first-order valence-electron chi connectivity index (χ1n) is 5.75. The summed E-state index contributed by atoms with van der Waals surface area (Å²) in [7, 11) is 1.48. The third-order valence-corrected chi connectivity index (χ3v) is 4.23. The number of benzene rings is 1. The van der Waals surface area contributed by atoms with Crippen LogP contribution in [0.2, 0.25) is 10.0 Å². The molecule has 2 rings (SSSR count). The molecule has 2 aromatic rings. The van der Waals surface area contributed by atoms with Crippen LogP contribution < -0.4 is 4.90 Å². The van der Waals surface area contributed by atoms with E-state index in [2.05, 4.69) is 4.37 Å². The van der Waals surface area contributed by atoms with Crippen LogP contribution >= 0.6 is 34.7 Å². The predicted octanol–water partition coefficient (Wildman–Crippen LogP) is 3.73. The van der Waals surface area contributed by atoms with E-state index in [0.717, 1.165) is 11.5 Å². The Hall–Kier alpha value is -1.63. The quantitative estimate of drug-likeness (QED) is 0.920. The van der Waals surface area contributed by atoms with Crippen molar-refractivity contribution in [1.29, 1.82) is 0 Å². The standard InChI is InChI=1S/C13H10Cl2N2O3S/c1-6-10(13(19)20)12(21-16-6)17(2)11(18)7-3-8(14)5-9(15)4-7/h3-5H,1-2H3,(H,19,20). The number of amides is 1. The second-order valence-corrected chi connectivity index (χ2v) is 5.90. The number of aromatic carboxylic acids is 1. The number of carbonyl (C=O) groups excluding carboxylic acids is 1. The smallest absolute Gasteiger partial charge is 0.340 e. The molecule has 0 aliphatic heterocycles. The monoisotopic (exact) mass is 344 g/mol. The van der Waals surface area contributed by atoms with Crippen molar-refractivity contribution in [3.05, 3.63) is 45.1 Å². The van der Waals surface area contributed by atoms with Gasteiger partial charge in [-0.25, -0.2) is 4.79 Å². The lowest BCUT2D eigenvalue weighted by molar-refractivity contribution is 0.0697. The maximum Gasteiger partial charge on any atom is 0.340 e. The highest BCUT2D eigenvalue weighted by Gasteiger charge is 2.24. The SMILES string of the molecule is Cc1nsc(N(C)C(=O)c2cc(Cl)cc(Cl)c2)c1C(=O)O. The molecule has 1 aromatic heterocycles. The molecular formula is C13H10Cl2N2O3S. The Morgan fingerprint density at radius 2 is 1.81 bits per heavy atom. The van der Waals surface area contributed by atoms with Crippen LogP contribution in [0.5, 0.6) is 0 Å². The summed E-state index contributed by atoms with van der Waals surface area (Å²) in [4.78, 5) is 24.9. The number of hydrogen-bond donors (Lipinski definition) is 1. The summed E-state index contributed by atoms with van der Waals surface area (Å²) >= 11 is 12.7. The van der Waals surface area contributed by atoms with E-state index in [0.29, 0.717) is 15.7 Å². The Balaban J connectivity index is 2.42. The molecule has 5 nitrogen and oxygen atoms in total. The minimum Gasteiger partial charge on any atom is -0.478 e. The molecule has 8 heteroatoms. The average Bonchev–Trinajstić information content (AvgIpc) is 2.77. The van der Waals surface area contributed by atoms with Gasteiger partial charge in [-0.2, -0.15) is 4.37 Å². The number of aromatic nitrogens is 1. The second kappa shape index (κ2) is 6.01. The molecule has 0 aliphatic rings. The van der Waals surface area contributed by atoms with E-state index >= 15 is 0 Å². The van der Waals surface area contributed by atoms with Gasteiger partial charge in [0.05, 0.1) is 5.69 Å². The molecule has 0 bridgehead atoms. The molecule has 0 saturated carbocycles. The fourth-order valence-electron chi connectivity index (χ4n) is 1.80. The Labute approximate surface area is 134 Å². The topological polar surface area (TPSA) is 70.5 Å². The third kappa shape index (κ3) is 3.18. The second-order valence-electron chi connectivity index (χ2n) is 4.28. The summed E-state index contributed by atoms with van der Waals surface area (Å²) < 4.78 is 3.98. The highest BCUT2D eigenvalue weighted by Crippen LogP contribution is 2.29. The highest BCUT2D eigenvalue weighted by molar-refractivity contribution is 7.11. The van der Waals surface area contributed by atoms with Crippen LogP contribution in [0.3, 0.4) is 0 Å². The van der Waals surface area contributed by atoms with Gasteiger partial charge in [0.2, 0.25) is 0 Å². The summed E-state index contributed by atoms with van der Waals surface area (Å²) in [5.74, 6) is -1.54. The number of aryl methyl sites for hydroxylation is 1. The van der Waals surface area contributed by atoms with E-state index < -0.39 is 11.9 Å². The van der Waals surface area contributed by atoms with Gasteiger partial charge in [-0.05, 0) is 36.7 Å². The van der Waals surface area contributed by atoms with Crippen molar-refractivity contribution in [3.63, 3.8) is 0 Å². The molecule has 0 spiro atoms. The fourth-order valence-corrected chi connectivity index (χ4v) is 3.17. The van der Waals surface area contributed by atoms with Crippen LogP contribution in [0.25, 0.3) is 0 Å². The first-order valence-corrected chi connectivity index (χ1v) is 7.28. The van der Waals surface area contributed by atoms with E-state index in [-0.39, 0.29) is 16.1 Å². The van der Waals surface area contributed by atoms with Crippen molar-refractivity contribution in [1.82, 2.24) is 4.37 Å². The number of nitrogens with zero attached hydrogens (tertiary/aromatic N) is 2. The fraction of sp³-hybridized carbons (Fsp3) is 0.154.